The van der Waals surface area contributed by atoms with Crippen molar-refractivity contribution in [2.75, 3.05) is 13.2 Å². The van der Waals surface area contributed by atoms with Crippen LogP contribution < -0.4 is 5.73 Å². The Morgan fingerprint density at radius 3 is 2.84 bits per heavy atom. The van der Waals surface area contributed by atoms with Crippen molar-refractivity contribution in [2.24, 2.45) is 11.7 Å². The molecule has 2 rings (SSSR count). The van der Waals surface area contributed by atoms with Crippen molar-refractivity contribution < 1.29 is 14.7 Å². The third-order valence-electron chi connectivity index (χ3n) is 3.70. The monoisotopic (exact) mass is 265 g/mol. The molecular formula is C13H19N3O3. The fraction of sp³-hybridized carbons (Fsp3) is 0.538. The lowest BCUT2D eigenvalue weighted by Crippen LogP contribution is -2.46. The second-order valence-corrected chi connectivity index (χ2v) is 5.10. The summed E-state index contributed by atoms with van der Waals surface area (Å²) < 4.78 is 0. The first-order valence-corrected chi connectivity index (χ1v) is 6.43. The van der Waals surface area contributed by atoms with E-state index in [2.05, 4.69) is 4.98 Å². The first-order valence-electron chi connectivity index (χ1n) is 6.43. The molecule has 1 aromatic rings. The van der Waals surface area contributed by atoms with Gasteiger partial charge in [0.1, 0.15) is 5.69 Å². The van der Waals surface area contributed by atoms with Crippen molar-refractivity contribution in [3.63, 3.8) is 0 Å². The number of aliphatic hydroxyl groups excluding tert-OH is 1. The number of rotatable bonds is 3. The van der Waals surface area contributed by atoms with Crippen molar-refractivity contribution in [2.45, 2.75) is 25.8 Å². The van der Waals surface area contributed by atoms with Gasteiger partial charge in [0.15, 0.2) is 0 Å². The van der Waals surface area contributed by atoms with Crippen LogP contribution in [0.25, 0.3) is 0 Å². The smallest absolute Gasteiger partial charge is 0.270 e. The van der Waals surface area contributed by atoms with Crippen molar-refractivity contribution in [3.8, 4) is 0 Å². The van der Waals surface area contributed by atoms with Crippen molar-refractivity contribution in [3.05, 3.63) is 23.5 Å². The second-order valence-electron chi connectivity index (χ2n) is 5.10. The first-order chi connectivity index (χ1) is 9.02. The molecule has 0 spiro atoms. The van der Waals surface area contributed by atoms with E-state index in [1.807, 2.05) is 6.92 Å². The third-order valence-corrected chi connectivity index (χ3v) is 3.70. The number of aromatic nitrogens is 1. The van der Waals surface area contributed by atoms with E-state index in [0.717, 1.165) is 12.8 Å². The predicted molar refractivity (Wildman–Crippen MR) is 69.6 cm³/mol. The lowest BCUT2D eigenvalue weighted by Gasteiger charge is -2.37. The number of piperidine rings is 1. The highest BCUT2D eigenvalue weighted by atomic mass is 16.3. The van der Waals surface area contributed by atoms with Gasteiger partial charge in [0.25, 0.3) is 5.91 Å². The third kappa shape index (κ3) is 2.78. The van der Waals surface area contributed by atoms with Gasteiger partial charge in [-0.2, -0.15) is 0 Å². The number of nitrogens with two attached hydrogens (primary N) is 1. The standard InChI is InChI=1S/C13H19N3O3/c1-8-2-3-9(7-17)6-16(8)13(19)11-4-10(5-15-11)12(14)18/h4-5,8-9,15,17H,2-3,6-7H2,1H3,(H2,14,18). The minimum Gasteiger partial charge on any atom is -0.396 e. The lowest BCUT2D eigenvalue weighted by atomic mass is 9.94. The van der Waals surface area contributed by atoms with E-state index >= 15 is 0 Å². The van der Waals surface area contributed by atoms with Crippen LogP contribution in [0, 0.1) is 5.92 Å². The number of nitrogens with zero attached hydrogens (tertiary/aromatic N) is 1. The number of carbonyl (C=O) groups is 2. The highest BCUT2D eigenvalue weighted by molar-refractivity contribution is 5.98. The summed E-state index contributed by atoms with van der Waals surface area (Å²) in [6, 6.07) is 1.61. The maximum absolute atomic E-state index is 12.4. The Hall–Kier alpha value is -1.82. The highest BCUT2D eigenvalue weighted by Crippen LogP contribution is 2.23. The Balaban J connectivity index is 2.14. The Labute approximate surface area is 111 Å². The Bertz CT molecular complexity index is 483. The van der Waals surface area contributed by atoms with Gasteiger partial charge in [-0.15, -0.1) is 0 Å². The number of primary amides is 1. The summed E-state index contributed by atoms with van der Waals surface area (Å²) in [6.07, 6.45) is 3.24. The minimum atomic E-state index is -0.560. The number of hydrogen-bond acceptors (Lipinski definition) is 3. The highest BCUT2D eigenvalue weighted by Gasteiger charge is 2.30. The minimum absolute atomic E-state index is 0.0910. The molecular weight excluding hydrogens is 246 g/mol. The van der Waals surface area contributed by atoms with Gasteiger partial charge in [-0.25, -0.2) is 0 Å². The van der Waals surface area contributed by atoms with Crippen LogP contribution >= 0.6 is 0 Å². The molecule has 6 heteroatoms. The summed E-state index contributed by atoms with van der Waals surface area (Å²) in [5, 5.41) is 9.22. The molecule has 6 nitrogen and oxygen atoms in total. The molecule has 1 saturated heterocycles. The summed E-state index contributed by atoms with van der Waals surface area (Å²) in [5.74, 6) is -0.584. The largest absolute Gasteiger partial charge is 0.396 e. The van der Waals surface area contributed by atoms with E-state index < -0.39 is 5.91 Å². The van der Waals surface area contributed by atoms with E-state index in [-0.39, 0.29) is 24.5 Å². The number of nitrogens with one attached hydrogen (secondary N) is 1. The number of amides is 2. The van der Waals surface area contributed by atoms with Crippen molar-refractivity contribution in [1.82, 2.24) is 9.88 Å². The van der Waals surface area contributed by atoms with E-state index in [4.69, 9.17) is 5.73 Å². The molecule has 2 unspecified atom stereocenters. The van der Waals surface area contributed by atoms with Crippen molar-refractivity contribution in [1.29, 1.82) is 0 Å². The Kier molecular flexibility index (Phi) is 3.90. The molecule has 1 fully saturated rings. The zero-order chi connectivity index (χ0) is 14.0. The van der Waals surface area contributed by atoms with Crippen LogP contribution in [0.1, 0.15) is 40.6 Å². The van der Waals surface area contributed by atoms with E-state index in [1.165, 1.54) is 12.3 Å². The molecule has 0 saturated carbocycles. The van der Waals surface area contributed by atoms with Gasteiger partial charge in [-0.3, -0.25) is 9.59 Å². The molecule has 1 aliphatic heterocycles. The topological polar surface area (TPSA) is 99.4 Å². The van der Waals surface area contributed by atoms with Gasteiger partial charge in [0.2, 0.25) is 5.91 Å². The fourth-order valence-corrected chi connectivity index (χ4v) is 2.43. The van der Waals surface area contributed by atoms with E-state index in [9.17, 15) is 14.7 Å². The molecule has 1 aliphatic rings. The van der Waals surface area contributed by atoms with Crippen LogP contribution in [-0.4, -0.2) is 46.0 Å². The molecule has 4 N–H and O–H groups in total. The average Bonchev–Trinajstić information content (AvgIpc) is 2.88. The van der Waals surface area contributed by atoms with Crippen molar-refractivity contribution >= 4 is 11.8 Å². The number of aliphatic hydroxyl groups is 1. The van der Waals surface area contributed by atoms with Crippen LogP contribution in [0.5, 0.6) is 0 Å². The zero-order valence-electron chi connectivity index (χ0n) is 10.9. The quantitative estimate of drug-likeness (QED) is 0.735. The van der Waals surface area contributed by atoms with E-state index in [0.29, 0.717) is 17.8 Å². The van der Waals surface area contributed by atoms with E-state index in [1.54, 1.807) is 4.90 Å². The molecule has 2 heterocycles. The SMILES string of the molecule is CC1CCC(CO)CN1C(=O)c1cc(C(N)=O)c[nH]1. The van der Waals surface area contributed by atoms with Crippen LogP contribution in [0.3, 0.4) is 0 Å². The lowest BCUT2D eigenvalue weighted by molar-refractivity contribution is 0.0484. The summed E-state index contributed by atoms with van der Waals surface area (Å²) in [4.78, 5) is 27.9. The number of hydrogen-bond donors (Lipinski definition) is 3. The number of H-pyrrole nitrogens is 1. The summed E-state index contributed by atoms with van der Waals surface area (Å²) in [7, 11) is 0. The maximum atomic E-state index is 12.4. The van der Waals surface area contributed by atoms with Crippen LogP contribution in [0.4, 0.5) is 0 Å². The van der Waals surface area contributed by atoms with Gasteiger partial charge in [0.05, 0.1) is 5.56 Å². The Morgan fingerprint density at radius 1 is 1.53 bits per heavy atom. The maximum Gasteiger partial charge on any atom is 0.270 e. The van der Waals surface area contributed by atoms with Gasteiger partial charge >= 0.3 is 0 Å². The molecule has 0 bridgehead atoms. The number of likely N-dealkylation sites (tertiary alicyclic amines) is 1. The fourth-order valence-electron chi connectivity index (χ4n) is 2.43. The molecule has 19 heavy (non-hydrogen) atoms. The summed E-state index contributed by atoms with van der Waals surface area (Å²) in [5.41, 5.74) is 5.82. The number of carbonyl (C=O) groups excluding carboxylic acids is 2. The molecule has 0 aliphatic carbocycles. The average molecular weight is 265 g/mol. The molecule has 1 aromatic heterocycles. The van der Waals surface area contributed by atoms with Crippen LogP contribution in [0.2, 0.25) is 0 Å². The molecule has 0 radical (unpaired) electrons. The summed E-state index contributed by atoms with van der Waals surface area (Å²) >= 11 is 0. The predicted octanol–water partition coefficient (Wildman–Crippen LogP) is 0.347. The molecule has 0 aromatic carbocycles. The van der Waals surface area contributed by atoms with Gasteiger partial charge in [0, 0.05) is 25.4 Å². The number of aromatic amines is 1. The van der Waals surface area contributed by atoms with Gasteiger partial charge in [-0.05, 0) is 31.7 Å². The van der Waals surface area contributed by atoms with Gasteiger partial charge in [-0.1, -0.05) is 0 Å². The normalized spacial score (nSPS) is 23.4. The zero-order valence-corrected chi connectivity index (χ0v) is 10.9. The van der Waals surface area contributed by atoms with Gasteiger partial charge < -0.3 is 20.7 Å². The van der Waals surface area contributed by atoms with Crippen LogP contribution in [-0.2, 0) is 0 Å². The molecule has 104 valence electrons. The second kappa shape index (κ2) is 5.44. The Morgan fingerprint density at radius 2 is 2.26 bits per heavy atom. The first kappa shape index (κ1) is 13.6. The molecule has 2 atom stereocenters. The van der Waals surface area contributed by atoms with Crippen LogP contribution in [0.15, 0.2) is 12.3 Å². The molecule has 2 amide bonds. The summed E-state index contributed by atoms with van der Waals surface area (Å²) in [6.45, 7) is 2.62.